The SMILES string of the molecule is O=C(COc1ccc(Cl)cc1)NCc1cccc(NC(=O)c2cccnc2)c1. The van der Waals surface area contributed by atoms with E-state index < -0.39 is 0 Å². The molecule has 0 bridgehead atoms. The number of hydrogen-bond donors (Lipinski definition) is 2. The third-order valence-corrected chi connectivity index (χ3v) is 4.03. The van der Waals surface area contributed by atoms with Crippen LogP contribution < -0.4 is 15.4 Å². The highest BCUT2D eigenvalue weighted by atomic mass is 35.5. The van der Waals surface area contributed by atoms with Crippen molar-refractivity contribution in [3.8, 4) is 5.75 Å². The molecule has 0 saturated carbocycles. The van der Waals surface area contributed by atoms with Crippen LogP contribution in [0.3, 0.4) is 0 Å². The van der Waals surface area contributed by atoms with Crippen LogP contribution in [0.4, 0.5) is 5.69 Å². The average Bonchev–Trinajstić information content (AvgIpc) is 2.73. The Balaban J connectivity index is 1.49. The fourth-order valence-corrected chi connectivity index (χ4v) is 2.52. The van der Waals surface area contributed by atoms with Crippen LogP contribution in [0.5, 0.6) is 5.75 Å². The van der Waals surface area contributed by atoms with E-state index in [9.17, 15) is 9.59 Å². The summed E-state index contributed by atoms with van der Waals surface area (Å²) in [6, 6.07) is 17.4. The zero-order valence-electron chi connectivity index (χ0n) is 14.9. The zero-order valence-corrected chi connectivity index (χ0v) is 15.6. The van der Waals surface area contributed by atoms with Crippen LogP contribution in [0.2, 0.25) is 5.02 Å². The van der Waals surface area contributed by atoms with E-state index >= 15 is 0 Å². The normalized spacial score (nSPS) is 10.2. The second kappa shape index (κ2) is 9.53. The molecule has 3 rings (SSSR count). The van der Waals surface area contributed by atoms with Crippen molar-refractivity contribution in [2.75, 3.05) is 11.9 Å². The van der Waals surface area contributed by atoms with E-state index in [1.54, 1.807) is 54.7 Å². The number of nitrogens with zero attached hydrogens (tertiary/aromatic N) is 1. The Morgan fingerprint density at radius 3 is 2.61 bits per heavy atom. The van der Waals surface area contributed by atoms with Gasteiger partial charge in [0.1, 0.15) is 5.75 Å². The smallest absolute Gasteiger partial charge is 0.258 e. The lowest BCUT2D eigenvalue weighted by Crippen LogP contribution is -2.28. The molecule has 3 aromatic rings. The monoisotopic (exact) mass is 395 g/mol. The van der Waals surface area contributed by atoms with E-state index in [0.717, 1.165) is 5.56 Å². The van der Waals surface area contributed by atoms with Crippen molar-refractivity contribution in [2.24, 2.45) is 0 Å². The number of carbonyl (C=O) groups excluding carboxylic acids is 2. The first-order valence-corrected chi connectivity index (χ1v) is 8.93. The summed E-state index contributed by atoms with van der Waals surface area (Å²) < 4.78 is 5.40. The second-order valence-electron chi connectivity index (χ2n) is 5.92. The number of halogens is 1. The molecule has 1 heterocycles. The minimum Gasteiger partial charge on any atom is -0.484 e. The van der Waals surface area contributed by atoms with Crippen molar-refractivity contribution in [1.82, 2.24) is 10.3 Å². The van der Waals surface area contributed by atoms with Gasteiger partial charge in [-0.2, -0.15) is 0 Å². The number of pyridine rings is 1. The van der Waals surface area contributed by atoms with E-state index in [2.05, 4.69) is 15.6 Å². The van der Waals surface area contributed by atoms with Gasteiger partial charge in [0.25, 0.3) is 11.8 Å². The zero-order chi connectivity index (χ0) is 19.8. The first-order valence-electron chi connectivity index (χ1n) is 8.55. The summed E-state index contributed by atoms with van der Waals surface area (Å²) in [4.78, 5) is 28.1. The summed E-state index contributed by atoms with van der Waals surface area (Å²) >= 11 is 5.81. The largest absolute Gasteiger partial charge is 0.484 e. The van der Waals surface area contributed by atoms with Crippen LogP contribution in [-0.2, 0) is 11.3 Å². The summed E-state index contributed by atoms with van der Waals surface area (Å²) in [5, 5.41) is 6.19. The van der Waals surface area contributed by atoms with Crippen LogP contribution in [0.25, 0.3) is 0 Å². The van der Waals surface area contributed by atoms with E-state index in [4.69, 9.17) is 16.3 Å². The van der Waals surface area contributed by atoms with Crippen LogP contribution in [0, 0.1) is 0 Å². The highest BCUT2D eigenvalue weighted by molar-refractivity contribution is 6.30. The number of hydrogen-bond acceptors (Lipinski definition) is 4. The van der Waals surface area contributed by atoms with Crippen molar-refractivity contribution in [3.63, 3.8) is 0 Å². The summed E-state index contributed by atoms with van der Waals surface area (Å²) in [5.74, 6) is 0.0741. The molecule has 0 atom stereocenters. The predicted molar refractivity (Wildman–Crippen MR) is 107 cm³/mol. The molecule has 0 aliphatic rings. The number of amides is 2. The summed E-state index contributed by atoms with van der Waals surface area (Å²) in [6.07, 6.45) is 3.11. The van der Waals surface area contributed by atoms with E-state index in [-0.39, 0.29) is 18.4 Å². The first-order chi connectivity index (χ1) is 13.6. The number of benzene rings is 2. The van der Waals surface area contributed by atoms with Gasteiger partial charge in [-0.3, -0.25) is 14.6 Å². The van der Waals surface area contributed by atoms with Crippen molar-refractivity contribution in [1.29, 1.82) is 0 Å². The maximum absolute atomic E-state index is 12.2. The molecule has 142 valence electrons. The van der Waals surface area contributed by atoms with Gasteiger partial charge in [0.15, 0.2) is 6.61 Å². The lowest BCUT2D eigenvalue weighted by molar-refractivity contribution is -0.123. The number of nitrogens with one attached hydrogen (secondary N) is 2. The third-order valence-electron chi connectivity index (χ3n) is 3.78. The molecule has 0 saturated heterocycles. The van der Waals surface area contributed by atoms with Gasteiger partial charge in [-0.1, -0.05) is 23.7 Å². The summed E-state index contributed by atoms with van der Waals surface area (Å²) in [5.41, 5.74) is 1.96. The third kappa shape index (κ3) is 5.82. The molecular weight excluding hydrogens is 378 g/mol. The van der Waals surface area contributed by atoms with Crippen molar-refractivity contribution in [2.45, 2.75) is 6.54 Å². The molecule has 0 unspecified atom stereocenters. The maximum atomic E-state index is 12.2. The maximum Gasteiger partial charge on any atom is 0.258 e. The van der Waals surface area contributed by atoms with Crippen LogP contribution >= 0.6 is 11.6 Å². The Morgan fingerprint density at radius 1 is 1.04 bits per heavy atom. The molecule has 7 heteroatoms. The lowest BCUT2D eigenvalue weighted by Gasteiger charge is -2.09. The van der Waals surface area contributed by atoms with Gasteiger partial charge in [0.2, 0.25) is 0 Å². The molecule has 0 spiro atoms. The summed E-state index contributed by atoms with van der Waals surface area (Å²) in [7, 11) is 0. The molecule has 0 aliphatic carbocycles. The Morgan fingerprint density at radius 2 is 1.86 bits per heavy atom. The van der Waals surface area contributed by atoms with Crippen molar-refractivity contribution < 1.29 is 14.3 Å². The Hall–Kier alpha value is -3.38. The minimum absolute atomic E-state index is 0.0981. The first kappa shape index (κ1) is 19.4. The molecular formula is C21H18ClN3O3. The predicted octanol–water partition coefficient (Wildman–Crippen LogP) is 3.68. The van der Waals surface area contributed by atoms with Crippen LogP contribution in [0.1, 0.15) is 15.9 Å². The summed E-state index contributed by atoms with van der Waals surface area (Å²) in [6.45, 7) is 0.221. The highest BCUT2D eigenvalue weighted by Gasteiger charge is 2.07. The topological polar surface area (TPSA) is 80.3 Å². The Kier molecular flexibility index (Phi) is 6.59. The molecule has 0 fully saturated rings. The molecule has 2 amide bonds. The average molecular weight is 396 g/mol. The number of anilines is 1. The van der Waals surface area contributed by atoms with Crippen LogP contribution in [0.15, 0.2) is 73.1 Å². The fraction of sp³-hybridized carbons (Fsp3) is 0.0952. The lowest BCUT2D eigenvalue weighted by atomic mass is 10.2. The molecule has 0 aliphatic heterocycles. The highest BCUT2D eigenvalue weighted by Crippen LogP contribution is 2.15. The van der Waals surface area contributed by atoms with Gasteiger partial charge in [0, 0.05) is 29.6 Å². The fourth-order valence-electron chi connectivity index (χ4n) is 2.39. The molecule has 1 aromatic heterocycles. The van der Waals surface area contributed by atoms with E-state index in [0.29, 0.717) is 28.6 Å². The molecule has 28 heavy (non-hydrogen) atoms. The Labute approximate surface area is 167 Å². The van der Waals surface area contributed by atoms with Crippen LogP contribution in [-0.4, -0.2) is 23.4 Å². The second-order valence-corrected chi connectivity index (χ2v) is 6.35. The quantitative estimate of drug-likeness (QED) is 0.639. The van der Waals surface area contributed by atoms with Gasteiger partial charge >= 0.3 is 0 Å². The molecule has 0 radical (unpaired) electrons. The van der Waals surface area contributed by atoms with Gasteiger partial charge < -0.3 is 15.4 Å². The number of ether oxygens (including phenoxy) is 1. The van der Waals surface area contributed by atoms with Gasteiger partial charge in [-0.15, -0.1) is 0 Å². The van der Waals surface area contributed by atoms with E-state index in [1.807, 2.05) is 12.1 Å². The van der Waals surface area contributed by atoms with E-state index in [1.165, 1.54) is 6.20 Å². The Bertz CT molecular complexity index is 947. The minimum atomic E-state index is -0.250. The standard InChI is InChI=1S/C21H18ClN3O3/c22-17-6-8-19(9-7-17)28-14-20(26)24-12-15-3-1-5-18(11-15)25-21(27)16-4-2-10-23-13-16/h1-11,13H,12,14H2,(H,24,26)(H,25,27). The number of carbonyl (C=O) groups is 2. The number of aromatic nitrogens is 1. The van der Waals surface area contributed by atoms with Gasteiger partial charge in [-0.25, -0.2) is 0 Å². The molecule has 2 N–H and O–H groups in total. The molecule has 6 nitrogen and oxygen atoms in total. The van der Waals surface area contributed by atoms with Crippen molar-refractivity contribution >= 4 is 29.1 Å². The molecule has 2 aromatic carbocycles. The van der Waals surface area contributed by atoms with Gasteiger partial charge in [0.05, 0.1) is 5.56 Å². The van der Waals surface area contributed by atoms with Gasteiger partial charge in [-0.05, 0) is 54.1 Å². The number of rotatable bonds is 7. The van der Waals surface area contributed by atoms with Crippen molar-refractivity contribution in [3.05, 3.63) is 89.2 Å².